The molecule has 1 N–H and O–H groups in total. The Morgan fingerprint density at radius 3 is 2.53 bits per heavy atom. The van der Waals surface area contributed by atoms with E-state index >= 15 is 0 Å². The molecule has 2 aromatic carbocycles. The molecule has 1 aliphatic heterocycles. The third kappa shape index (κ3) is 7.42. The number of hydrogen-bond acceptors (Lipinski definition) is 7. The molecule has 0 spiro atoms. The van der Waals surface area contributed by atoms with Crippen LogP contribution >= 0.6 is 11.6 Å². The third-order valence-electron chi connectivity index (χ3n) is 6.57. The Balaban J connectivity index is 1.49. The van der Waals surface area contributed by atoms with E-state index in [0.717, 1.165) is 43.0 Å². The molecule has 0 bridgehead atoms. The molecule has 1 aliphatic rings. The molecule has 7 nitrogen and oxygen atoms in total. The van der Waals surface area contributed by atoms with E-state index < -0.39 is 9.84 Å². The lowest BCUT2D eigenvalue weighted by atomic mass is 10.0. The van der Waals surface area contributed by atoms with Gasteiger partial charge in [-0.15, -0.1) is 0 Å². The van der Waals surface area contributed by atoms with Gasteiger partial charge in [0.05, 0.1) is 22.9 Å². The molecule has 204 valence electrons. The van der Waals surface area contributed by atoms with Crippen molar-refractivity contribution < 1.29 is 12.8 Å². The van der Waals surface area contributed by atoms with Crippen LogP contribution in [0.3, 0.4) is 0 Å². The molecule has 0 amide bonds. The first-order chi connectivity index (χ1) is 18.0. The Morgan fingerprint density at radius 2 is 1.84 bits per heavy atom. The Labute approximate surface area is 230 Å². The first-order valence-corrected chi connectivity index (χ1v) is 15.0. The number of nitrogens with zero attached hydrogens (tertiary/aromatic N) is 4. The number of aryl methyl sites for hydroxylation is 1. The van der Waals surface area contributed by atoms with Crippen molar-refractivity contribution in [2.45, 2.75) is 32.9 Å². The zero-order valence-electron chi connectivity index (χ0n) is 22.3. The second-order valence-corrected chi connectivity index (χ2v) is 13.0. The number of benzene rings is 2. The van der Waals surface area contributed by atoms with Crippen molar-refractivity contribution in [2.75, 3.05) is 49.2 Å². The van der Waals surface area contributed by atoms with Crippen LogP contribution in [0.5, 0.6) is 0 Å². The summed E-state index contributed by atoms with van der Waals surface area (Å²) in [4.78, 5) is 13.3. The minimum Gasteiger partial charge on any atom is -0.367 e. The summed E-state index contributed by atoms with van der Waals surface area (Å²) in [6.45, 7) is 9.09. The Hall–Kier alpha value is -2.75. The van der Waals surface area contributed by atoms with E-state index in [-0.39, 0.29) is 23.2 Å². The maximum atomic E-state index is 14.9. The predicted molar refractivity (Wildman–Crippen MR) is 153 cm³/mol. The summed E-state index contributed by atoms with van der Waals surface area (Å²) < 4.78 is 40.0. The number of halogens is 2. The standard InChI is InChI=1S/C28H35ClFN5O2S/c1-19(2)17-38(36,37)18-22-13-21(5-7-24(22)29)14-26-20(3)16-31-28(33-26)32-23-6-8-27(25(30)15-23)35-11-9-34(4)10-12-35/h5-8,13,15-16,19H,9-12,14,17-18H2,1-4H3,(H,31,32,33). The highest BCUT2D eigenvalue weighted by Crippen LogP contribution is 2.26. The van der Waals surface area contributed by atoms with Gasteiger partial charge in [0.2, 0.25) is 5.95 Å². The van der Waals surface area contributed by atoms with Gasteiger partial charge in [0.15, 0.2) is 9.84 Å². The van der Waals surface area contributed by atoms with Gasteiger partial charge in [-0.1, -0.05) is 37.6 Å². The maximum absolute atomic E-state index is 14.9. The molecule has 1 saturated heterocycles. The molecular weight excluding hydrogens is 525 g/mol. The van der Waals surface area contributed by atoms with Gasteiger partial charge in [-0.25, -0.2) is 22.8 Å². The van der Waals surface area contributed by atoms with Crippen LogP contribution in [-0.4, -0.2) is 62.3 Å². The smallest absolute Gasteiger partial charge is 0.227 e. The van der Waals surface area contributed by atoms with Gasteiger partial charge in [-0.3, -0.25) is 0 Å². The molecule has 0 unspecified atom stereocenters. The summed E-state index contributed by atoms with van der Waals surface area (Å²) in [7, 11) is -1.20. The van der Waals surface area contributed by atoms with Crippen LogP contribution in [0.25, 0.3) is 0 Å². The van der Waals surface area contributed by atoms with Crippen LogP contribution in [0, 0.1) is 18.7 Å². The van der Waals surface area contributed by atoms with Gasteiger partial charge in [-0.05, 0) is 60.8 Å². The second kappa shape index (κ2) is 12.0. The quantitative estimate of drug-likeness (QED) is 0.384. The van der Waals surface area contributed by atoms with E-state index in [1.165, 1.54) is 6.07 Å². The summed E-state index contributed by atoms with van der Waals surface area (Å²) in [5.74, 6) is 0.153. The molecule has 1 fully saturated rings. The fraction of sp³-hybridized carbons (Fsp3) is 0.429. The lowest BCUT2D eigenvalue weighted by Gasteiger charge is -2.34. The highest BCUT2D eigenvalue weighted by atomic mass is 35.5. The van der Waals surface area contributed by atoms with E-state index in [4.69, 9.17) is 11.6 Å². The molecule has 2 heterocycles. The predicted octanol–water partition coefficient (Wildman–Crippen LogP) is 5.23. The van der Waals surface area contributed by atoms with Gasteiger partial charge >= 0.3 is 0 Å². The Morgan fingerprint density at radius 1 is 1.11 bits per heavy atom. The summed E-state index contributed by atoms with van der Waals surface area (Å²) in [5, 5.41) is 3.55. The molecule has 0 aliphatic carbocycles. The van der Waals surface area contributed by atoms with E-state index in [1.54, 1.807) is 18.3 Å². The number of nitrogens with one attached hydrogen (secondary N) is 1. The Kier molecular flexibility index (Phi) is 8.90. The minimum absolute atomic E-state index is 0.0491. The summed E-state index contributed by atoms with van der Waals surface area (Å²) >= 11 is 6.33. The fourth-order valence-corrected chi connectivity index (χ4v) is 6.69. The van der Waals surface area contributed by atoms with E-state index in [0.29, 0.717) is 34.3 Å². The van der Waals surface area contributed by atoms with Gasteiger partial charge < -0.3 is 15.1 Å². The molecule has 0 radical (unpaired) electrons. The van der Waals surface area contributed by atoms with Crippen LogP contribution in [0.15, 0.2) is 42.6 Å². The van der Waals surface area contributed by atoms with E-state index in [1.807, 2.05) is 39.0 Å². The van der Waals surface area contributed by atoms with Crippen molar-refractivity contribution in [1.82, 2.24) is 14.9 Å². The van der Waals surface area contributed by atoms with Crippen LogP contribution in [-0.2, 0) is 22.0 Å². The lowest BCUT2D eigenvalue weighted by molar-refractivity contribution is 0.311. The average molecular weight is 560 g/mol. The minimum atomic E-state index is -3.27. The number of likely N-dealkylation sites (N-methyl/N-ethyl adjacent to an activating group) is 1. The number of hydrogen-bond donors (Lipinski definition) is 1. The molecule has 0 saturated carbocycles. The van der Waals surface area contributed by atoms with Gasteiger partial charge in [0.1, 0.15) is 5.82 Å². The highest BCUT2D eigenvalue weighted by molar-refractivity contribution is 7.90. The first kappa shape index (κ1) is 28.3. The molecule has 10 heteroatoms. The monoisotopic (exact) mass is 559 g/mol. The average Bonchev–Trinajstić information content (AvgIpc) is 2.83. The van der Waals surface area contributed by atoms with Gasteiger partial charge in [-0.2, -0.15) is 0 Å². The zero-order chi connectivity index (χ0) is 27.4. The third-order valence-corrected chi connectivity index (χ3v) is 8.86. The van der Waals surface area contributed by atoms with Crippen molar-refractivity contribution >= 4 is 38.8 Å². The summed E-state index contributed by atoms with van der Waals surface area (Å²) in [6.07, 6.45) is 2.21. The topological polar surface area (TPSA) is 78.4 Å². The van der Waals surface area contributed by atoms with Crippen molar-refractivity contribution in [3.63, 3.8) is 0 Å². The van der Waals surface area contributed by atoms with Gasteiger partial charge in [0.25, 0.3) is 0 Å². The molecule has 38 heavy (non-hydrogen) atoms. The number of rotatable bonds is 9. The molecular formula is C28H35ClFN5O2S. The zero-order valence-corrected chi connectivity index (χ0v) is 23.9. The second-order valence-electron chi connectivity index (χ2n) is 10.5. The molecule has 0 atom stereocenters. The van der Waals surface area contributed by atoms with Crippen LogP contribution < -0.4 is 10.2 Å². The summed E-state index contributed by atoms with van der Waals surface area (Å²) in [5.41, 5.74) is 4.35. The van der Waals surface area contributed by atoms with Crippen molar-refractivity contribution in [1.29, 1.82) is 0 Å². The van der Waals surface area contributed by atoms with Crippen molar-refractivity contribution in [3.05, 3.63) is 75.8 Å². The van der Waals surface area contributed by atoms with Gasteiger partial charge in [0, 0.05) is 49.5 Å². The van der Waals surface area contributed by atoms with E-state index in [2.05, 4.69) is 32.1 Å². The molecule has 4 rings (SSSR count). The molecule has 3 aromatic rings. The number of piperazine rings is 1. The van der Waals surface area contributed by atoms with Crippen LogP contribution in [0.4, 0.5) is 21.7 Å². The molecule has 1 aromatic heterocycles. The fourth-order valence-electron chi connectivity index (χ4n) is 4.58. The largest absolute Gasteiger partial charge is 0.367 e. The highest BCUT2D eigenvalue weighted by Gasteiger charge is 2.19. The first-order valence-electron chi connectivity index (χ1n) is 12.8. The number of sulfone groups is 1. The SMILES string of the molecule is Cc1cnc(Nc2ccc(N3CCN(C)CC3)c(F)c2)nc1Cc1ccc(Cl)c(CS(=O)(=O)CC(C)C)c1. The summed E-state index contributed by atoms with van der Waals surface area (Å²) in [6, 6.07) is 10.5. The Bertz CT molecular complexity index is 1390. The lowest BCUT2D eigenvalue weighted by Crippen LogP contribution is -2.44. The van der Waals surface area contributed by atoms with E-state index in [9.17, 15) is 12.8 Å². The number of aromatic nitrogens is 2. The van der Waals surface area contributed by atoms with Crippen LogP contribution in [0.2, 0.25) is 5.02 Å². The van der Waals surface area contributed by atoms with Crippen molar-refractivity contribution in [2.24, 2.45) is 5.92 Å². The maximum Gasteiger partial charge on any atom is 0.227 e. The van der Waals surface area contributed by atoms with Crippen molar-refractivity contribution in [3.8, 4) is 0 Å². The number of anilines is 3. The normalized spacial score (nSPS) is 14.8. The van der Waals surface area contributed by atoms with Crippen LogP contribution in [0.1, 0.15) is 36.2 Å².